The molecule has 0 saturated heterocycles. The molecule has 15 heavy (non-hydrogen) atoms. The summed E-state index contributed by atoms with van der Waals surface area (Å²) in [5.74, 6) is 0.132. The molecule has 0 unspecified atom stereocenters. The summed E-state index contributed by atoms with van der Waals surface area (Å²) in [4.78, 5) is 18.4. The molecule has 0 bridgehead atoms. The average molecular weight is 227 g/mol. The van der Waals surface area contributed by atoms with Gasteiger partial charge < -0.3 is 10.2 Å². The van der Waals surface area contributed by atoms with Gasteiger partial charge in [0.1, 0.15) is 0 Å². The van der Waals surface area contributed by atoms with Gasteiger partial charge in [0, 0.05) is 31.9 Å². The van der Waals surface area contributed by atoms with Crippen molar-refractivity contribution in [3.63, 3.8) is 0 Å². The van der Waals surface area contributed by atoms with E-state index in [9.17, 15) is 4.79 Å². The van der Waals surface area contributed by atoms with Crippen LogP contribution in [0.2, 0.25) is 0 Å². The Kier molecular flexibility index (Phi) is 4.08. The first kappa shape index (κ1) is 12.0. The maximum atomic E-state index is 11.3. The van der Waals surface area contributed by atoms with Crippen LogP contribution >= 0.6 is 11.3 Å². The highest BCUT2D eigenvalue weighted by molar-refractivity contribution is 7.15. The maximum absolute atomic E-state index is 11.3. The van der Waals surface area contributed by atoms with Crippen molar-refractivity contribution < 1.29 is 4.79 Å². The van der Waals surface area contributed by atoms with E-state index in [1.165, 1.54) is 4.88 Å². The fourth-order valence-corrected chi connectivity index (χ4v) is 1.89. The van der Waals surface area contributed by atoms with Crippen molar-refractivity contribution in [1.29, 1.82) is 0 Å². The van der Waals surface area contributed by atoms with Crippen LogP contribution in [0.15, 0.2) is 0 Å². The Morgan fingerprint density at radius 3 is 2.60 bits per heavy atom. The molecule has 0 fully saturated rings. The lowest BCUT2D eigenvalue weighted by Crippen LogP contribution is -2.23. The number of hydrogen-bond donors (Lipinski definition) is 1. The van der Waals surface area contributed by atoms with Gasteiger partial charge in [-0.15, -0.1) is 11.3 Å². The van der Waals surface area contributed by atoms with Crippen molar-refractivity contribution in [1.82, 2.24) is 9.88 Å². The Labute approximate surface area is 94.3 Å². The first-order valence-electron chi connectivity index (χ1n) is 4.88. The van der Waals surface area contributed by atoms with Gasteiger partial charge in [-0.25, -0.2) is 4.98 Å². The van der Waals surface area contributed by atoms with E-state index in [4.69, 9.17) is 0 Å². The van der Waals surface area contributed by atoms with E-state index in [1.807, 2.05) is 13.8 Å². The van der Waals surface area contributed by atoms with Crippen LogP contribution in [0.1, 0.15) is 17.0 Å². The lowest BCUT2D eigenvalue weighted by Gasteiger charge is -2.09. The summed E-state index contributed by atoms with van der Waals surface area (Å²) in [5, 5.41) is 4.05. The Hall–Kier alpha value is -1.10. The van der Waals surface area contributed by atoms with Crippen LogP contribution < -0.4 is 5.32 Å². The number of amides is 1. The van der Waals surface area contributed by atoms with Crippen molar-refractivity contribution in [2.24, 2.45) is 0 Å². The molecule has 0 radical (unpaired) electrons. The van der Waals surface area contributed by atoms with Crippen LogP contribution in [-0.4, -0.2) is 36.4 Å². The van der Waals surface area contributed by atoms with Crippen LogP contribution in [0.4, 0.5) is 5.13 Å². The van der Waals surface area contributed by atoms with E-state index in [1.54, 1.807) is 30.3 Å². The molecule has 0 aliphatic rings. The molecule has 1 heterocycles. The quantitative estimate of drug-likeness (QED) is 0.850. The summed E-state index contributed by atoms with van der Waals surface area (Å²) in [6, 6.07) is 0. The maximum Gasteiger partial charge on any atom is 0.223 e. The fraction of sp³-hybridized carbons (Fsp3) is 0.600. The normalized spacial score (nSPS) is 10.1. The Morgan fingerprint density at radius 1 is 1.47 bits per heavy atom. The topological polar surface area (TPSA) is 45.2 Å². The van der Waals surface area contributed by atoms with Gasteiger partial charge in [-0.2, -0.15) is 0 Å². The smallest absolute Gasteiger partial charge is 0.223 e. The van der Waals surface area contributed by atoms with Crippen LogP contribution in [0, 0.1) is 13.8 Å². The summed E-state index contributed by atoms with van der Waals surface area (Å²) >= 11 is 1.63. The van der Waals surface area contributed by atoms with Crippen LogP contribution in [0.5, 0.6) is 0 Å². The molecule has 0 aromatic carbocycles. The molecule has 0 aliphatic heterocycles. The number of rotatable bonds is 4. The van der Waals surface area contributed by atoms with Crippen LogP contribution in [0.25, 0.3) is 0 Å². The largest absolute Gasteiger partial charge is 0.361 e. The number of aryl methyl sites for hydroxylation is 2. The second-order valence-electron chi connectivity index (χ2n) is 3.63. The number of hydrogen-bond acceptors (Lipinski definition) is 4. The molecular weight excluding hydrogens is 210 g/mol. The minimum absolute atomic E-state index is 0.132. The summed E-state index contributed by atoms with van der Waals surface area (Å²) in [5.41, 5.74) is 1.06. The number of thiazole rings is 1. The number of carbonyl (C=O) groups excluding carboxylic acids is 1. The third-order valence-corrected chi connectivity index (χ3v) is 3.17. The minimum Gasteiger partial charge on any atom is -0.361 e. The van der Waals surface area contributed by atoms with E-state index in [0.717, 1.165) is 10.8 Å². The summed E-state index contributed by atoms with van der Waals surface area (Å²) in [6.45, 7) is 4.68. The lowest BCUT2D eigenvalue weighted by molar-refractivity contribution is -0.128. The number of carbonyl (C=O) groups is 1. The zero-order valence-electron chi connectivity index (χ0n) is 9.63. The fourth-order valence-electron chi connectivity index (χ4n) is 1.05. The molecule has 0 spiro atoms. The van der Waals surface area contributed by atoms with Gasteiger partial charge in [-0.1, -0.05) is 0 Å². The predicted octanol–water partition coefficient (Wildman–Crippen LogP) is 1.65. The number of aromatic nitrogens is 1. The summed E-state index contributed by atoms with van der Waals surface area (Å²) < 4.78 is 0. The first-order valence-corrected chi connectivity index (χ1v) is 5.70. The monoisotopic (exact) mass is 227 g/mol. The molecule has 1 aromatic heterocycles. The molecule has 1 N–H and O–H groups in total. The van der Waals surface area contributed by atoms with Crippen molar-refractivity contribution in [2.45, 2.75) is 20.3 Å². The highest BCUT2D eigenvalue weighted by Crippen LogP contribution is 2.20. The highest BCUT2D eigenvalue weighted by Gasteiger charge is 2.05. The second kappa shape index (κ2) is 5.11. The van der Waals surface area contributed by atoms with Crippen molar-refractivity contribution in [3.8, 4) is 0 Å². The SMILES string of the molecule is Cc1nc(NCCC(=O)N(C)C)sc1C. The van der Waals surface area contributed by atoms with Gasteiger partial charge in [-0.3, -0.25) is 4.79 Å². The zero-order chi connectivity index (χ0) is 11.4. The lowest BCUT2D eigenvalue weighted by atomic mass is 10.4. The van der Waals surface area contributed by atoms with Crippen LogP contribution in [-0.2, 0) is 4.79 Å². The molecule has 1 amide bonds. The van der Waals surface area contributed by atoms with E-state index < -0.39 is 0 Å². The van der Waals surface area contributed by atoms with Gasteiger partial charge >= 0.3 is 0 Å². The van der Waals surface area contributed by atoms with E-state index in [0.29, 0.717) is 13.0 Å². The van der Waals surface area contributed by atoms with Gasteiger partial charge in [0.15, 0.2) is 5.13 Å². The minimum atomic E-state index is 0.132. The Balaban J connectivity index is 2.35. The molecule has 1 aromatic rings. The van der Waals surface area contributed by atoms with Crippen LogP contribution in [0.3, 0.4) is 0 Å². The molecule has 5 heteroatoms. The molecule has 4 nitrogen and oxygen atoms in total. The van der Waals surface area contributed by atoms with E-state index in [-0.39, 0.29) is 5.91 Å². The molecule has 0 aliphatic carbocycles. The highest BCUT2D eigenvalue weighted by atomic mass is 32.1. The first-order chi connectivity index (χ1) is 7.00. The number of nitrogens with zero attached hydrogens (tertiary/aromatic N) is 2. The summed E-state index contributed by atoms with van der Waals surface area (Å²) in [7, 11) is 3.53. The van der Waals surface area contributed by atoms with Crippen molar-refractivity contribution in [2.75, 3.05) is 26.0 Å². The van der Waals surface area contributed by atoms with E-state index >= 15 is 0 Å². The van der Waals surface area contributed by atoms with Gasteiger partial charge in [0.25, 0.3) is 0 Å². The van der Waals surface area contributed by atoms with Gasteiger partial charge in [0.05, 0.1) is 5.69 Å². The molecule has 1 rings (SSSR count). The standard InChI is InChI=1S/C10H17N3OS/c1-7-8(2)15-10(12-7)11-6-5-9(14)13(3)4/h5-6H2,1-4H3,(H,11,12). The summed E-state index contributed by atoms with van der Waals surface area (Å²) in [6.07, 6.45) is 0.505. The van der Waals surface area contributed by atoms with Crippen molar-refractivity contribution in [3.05, 3.63) is 10.6 Å². The molecular formula is C10H17N3OS. The Bertz CT molecular complexity index is 327. The molecule has 84 valence electrons. The predicted molar refractivity (Wildman–Crippen MR) is 63.4 cm³/mol. The average Bonchev–Trinajstić information content (AvgIpc) is 2.46. The Morgan fingerprint density at radius 2 is 2.13 bits per heavy atom. The molecule has 0 saturated carbocycles. The van der Waals surface area contributed by atoms with E-state index in [2.05, 4.69) is 10.3 Å². The second-order valence-corrected chi connectivity index (χ2v) is 4.83. The third kappa shape index (κ3) is 3.51. The third-order valence-electron chi connectivity index (χ3n) is 2.14. The van der Waals surface area contributed by atoms with Crippen molar-refractivity contribution >= 4 is 22.4 Å². The zero-order valence-corrected chi connectivity index (χ0v) is 10.4. The number of anilines is 1. The number of nitrogens with one attached hydrogen (secondary N) is 1. The van der Waals surface area contributed by atoms with Gasteiger partial charge in [0.2, 0.25) is 5.91 Å². The van der Waals surface area contributed by atoms with Gasteiger partial charge in [-0.05, 0) is 13.8 Å². The molecule has 0 atom stereocenters.